The van der Waals surface area contributed by atoms with Gasteiger partial charge in [0.1, 0.15) is 5.82 Å². The van der Waals surface area contributed by atoms with E-state index >= 15 is 0 Å². The Morgan fingerprint density at radius 1 is 1.15 bits per heavy atom. The van der Waals surface area contributed by atoms with E-state index in [1.807, 2.05) is 6.92 Å². The first-order valence-electron chi connectivity index (χ1n) is 8.00. The second-order valence-corrected chi connectivity index (χ2v) is 6.45. The quantitative estimate of drug-likeness (QED) is 0.539. The smallest absolute Gasteiger partial charge is 0.344 e. The fourth-order valence-electron chi connectivity index (χ4n) is 2.43. The van der Waals surface area contributed by atoms with Gasteiger partial charge in [-0.05, 0) is 42.8 Å². The maximum atomic E-state index is 13.3. The van der Waals surface area contributed by atoms with Crippen LogP contribution >= 0.6 is 23.2 Å². The number of ether oxygens (including phenoxy) is 1. The third-order valence-corrected chi connectivity index (χ3v) is 4.38. The van der Waals surface area contributed by atoms with Crippen molar-refractivity contribution in [3.8, 4) is 11.6 Å². The van der Waals surface area contributed by atoms with Crippen molar-refractivity contribution in [1.82, 2.24) is 9.78 Å². The molecule has 3 rings (SSSR count). The van der Waals surface area contributed by atoms with E-state index in [0.29, 0.717) is 15.7 Å². The van der Waals surface area contributed by atoms with E-state index in [4.69, 9.17) is 27.9 Å². The molecule has 0 saturated carbocycles. The summed E-state index contributed by atoms with van der Waals surface area (Å²) in [7, 11) is 0. The number of aromatic nitrogens is 2. The van der Waals surface area contributed by atoms with Gasteiger partial charge in [0.05, 0.1) is 27.0 Å². The molecule has 7 heteroatoms. The highest BCUT2D eigenvalue weighted by Gasteiger charge is 2.17. The van der Waals surface area contributed by atoms with Crippen molar-refractivity contribution in [2.45, 2.75) is 19.8 Å². The highest BCUT2D eigenvalue weighted by molar-refractivity contribution is 6.42. The van der Waals surface area contributed by atoms with Gasteiger partial charge in [0.2, 0.25) is 5.88 Å². The minimum atomic E-state index is -0.672. The van der Waals surface area contributed by atoms with E-state index in [0.717, 1.165) is 24.6 Å². The molecule has 4 nitrogen and oxygen atoms in total. The van der Waals surface area contributed by atoms with Crippen LogP contribution in [0, 0.1) is 5.82 Å². The van der Waals surface area contributed by atoms with Crippen LogP contribution in [0.4, 0.5) is 4.39 Å². The lowest BCUT2D eigenvalue weighted by atomic mass is 10.2. The molecule has 134 valence electrons. The fraction of sp³-hybridized carbons (Fsp3) is 0.158. The minimum Gasteiger partial charge on any atom is -0.404 e. The summed E-state index contributed by atoms with van der Waals surface area (Å²) in [5.41, 5.74) is 1.48. The molecular weight excluding hydrogens is 378 g/mol. The van der Waals surface area contributed by atoms with Crippen LogP contribution < -0.4 is 4.74 Å². The first-order valence-corrected chi connectivity index (χ1v) is 8.75. The Labute approximate surface area is 160 Å². The topological polar surface area (TPSA) is 44.1 Å². The van der Waals surface area contributed by atoms with Gasteiger partial charge in [-0.1, -0.05) is 42.6 Å². The fourth-order valence-corrected chi connectivity index (χ4v) is 2.72. The molecule has 0 aliphatic heterocycles. The third kappa shape index (κ3) is 4.06. The molecule has 0 atom stereocenters. The van der Waals surface area contributed by atoms with Gasteiger partial charge in [0.15, 0.2) is 0 Å². The predicted octanol–water partition coefficient (Wildman–Crippen LogP) is 5.49. The number of hydrogen-bond donors (Lipinski definition) is 0. The molecular formula is C19H15Cl2FN2O2. The normalized spacial score (nSPS) is 10.8. The molecule has 0 spiro atoms. The van der Waals surface area contributed by atoms with Crippen LogP contribution in [0.1, 0.15) is 29.4 Å². The molecule has 1 aromatic heterocycles. The summed E-state index contributed by atoms with van der Waals surface area (Å²) in [6, 6.07) is 12.0. The molecule has 0 N–H and O–H groups in total. The Kier molecular flexibility index (Phi) is 5.59. The molecule has 0 aliphatic rings. The Bertz CT molecular complexity index is 956. The maximum absolute atomic E-state index is 13.3. The highest BCUT2D eigenvalue weighted by atomic mass is 35.5. The standard InChI is InChI=1S/C19H15Cl2FN2O2/c1-2-4-14-10-18(26-19(25)12-5-3-6-13(22)9-12)24(23-14)15-7-8-16(20)17(21)11-15/h3,5-11H,2,4H2,1H3. The average molecular weight is 393 g/mol. The predicted molar refractivity (Wildman–Crippen MR) is 98.9 cm³/mol. The number of halogens is 3. The third-order valence-electron chi connectivity index (χ3n) is 3.64. The minimum absolute atomic E-state index is 0.115. The number of rotatable bonds is 5. The van der Waals surface area contributed by atoms with Crippen molar-refractivity contribution >= 4 is 29.2 Å². The first kappa shape index (κ1) is 18.4. The van der Waals surface area contributed by atoms with Gasteiger partial charge in [-0.2, -0.15) is 5.10 Å². The summed E-state index contributed by atoms with van der Waals surface area (Å²) in [4.78, 5) is 12.4. The number of benzene rings is 2. The molecule has 0 unspecified atom stereocenters. The van der Waals surface area contributed by atoms with E-state index in [1.165, 1.54) is 22.9 Å². The molecule has 1 heterocycles. The Balaban J connectivity index is 1.97. The monoisotopic (exact) mass is 392 g/mol. The molecule has 2 aromatic carbocycles. The zero-order chi connectivity index (χ0) is 18.7. The zero-order valence-electron chi connectivity index (χ0n) is 13.9. The molecule has 0 bridgehead atoms. The summed E-state index contributed by atoms with van der Waals surface area (Å²) in [6.07, 6.45) is 1.61. The molecule has 0 amide bonds. The SMILES string of the molecule is CCCc1cc(OC(=O)c2cccc(F)c2)n(-c2ccc(Cl)c(Cl)c2)n1. The van der Waals surface area contributed by atoms with E-state index in [2.05, 4.69) is 5.10 Å². The molecule has 0 aliphatic carbocycles. The lowest BCUT2D eigenvalue weighted by molar-refractivity contribution is 0.0722. The van der Waals surface area contributed by atoms with E-state index in [-0.39, 0.29) is 11.4 Å². The van der Waals surface area contributed by atoms with Crippen LogP contribution in [-0.4, -0.2) is 15.7 Å². The zero-order valence-corrected chi connectivity index (χ0v) is 15.4. The van der Waals surface area contributed by atoms with Crippen molar-refractivity contribution in [2.75, 3.05) is 0 Å². The summed E-state index contributed by atoms with van der Waals surface area (Å²) in [6.45, 7) is 2.02. The van der Waals surface area contributed by atoms with Crippen molar-refractivity contribution < 1.29 is 13.9 Å². The van der Waals surface area contributed by atoms with Crippen LogP contribution in [0.2, 0.25) is 10.0 Å². The summed E-state index contributed by atoms with van der Waals surface area (Å²) < 4.78 is 20.3. The molecule has 0 radical (unpaired) electrons. The Morgan fingerprint density at radius 3 is 2.65 bits per heavy atom. The van der Waals surface area contributed by atoms with E-state index in [9.17, 15) is 9.18 Å². The van der Waals surface area contributed by atoms with Crippen molar-refractivity contribution in [1.29, 1.82) is 0 Å². The van der Waals surface area contributed by atoms with Crippen molar-refractivity contribution in [3.63, 3.8) is 0 Å². The van der Waals surface area contributed by atoms with Crippen molar-refractivity contribution in [2.24, 2.45) is 0 Å². The molecule has 3 aromatic rings. The lowest BCUT2D eigenvalue weighted by Crippen LogP contribution is -2.12. The van der Waals surface area contributed by atoms with Crippen LogP contribution in [0.3, 0.4) is 0 Å². The number of esters is 1. The summed E-state index contributed by atoms with van der Waals surface area (Å²) in [5, 5.41) is 5.24. The van der Waals surface area contributed by atoms with Crippen LogP contribution in [-0.2, 0) is 6.42 Å². The van der Waals surface area contributed by atoms with Crippen LogP contribution in [0.15, 0.2) is 48.5 Å². The van der Waals surface area contributed by atoms with E-state index < -0.39 is 11.8 Å². The first-order chi connectivity index (χ1) is 12.5. The highest BCUT2D eigenvalue weighted by Crippen LogP contribution is 2.27. The van der Waals surface area contributed by atoms with Gasteiger partial charge < -0.3 is 4.74 Å². The maximum Gasteiger partial charge on any atom is 0.344 e. The van der Waals surface area contributed by atoms with Crippen LogP contribution in [0.5, 0.6) is 5.88 Å². The van der Waals surface area contributed by atoms with Crippen molar-refractivity contribution in [3.05, 3.63) is 75.7 Å². The van der Waals surface area contributed by atoms with Gasteiger partial charge in [0.25, 0.3) is 0 Å². The van der Waals surface area contributed by atoms with E-state index in [1.54, 1.807) is 24.3 Å². The number of hydrogen-bond acceptors (Lipinski definition) is 3. The van der Waals surface area contributed by atoms with Gasteiger partial charge >= 0.3 is 5.97 Å². The van der Waals surface area contributed by atoms with Crippen LogP contribution in [0.25, 0.3) is 5.69 Å². The second kappa shape index (κ2) is 7.89. The molecule has 0 fully saturated rings. The Hall–Kier alpha value is -2.37. The largest absolute Gasteiger partial charge is 0.404 e. The summed E-state index contributed by atoms with van der Waals surface area (Å²) in [5.74, 6) is -0.959. The number of carbonyl (C=O) groups excluding carboxylic acids is 1. The molecule has 0 saturated heterocycles. The van der Waals surface area contributed by atoms with Gasteiger partial charge in [-0.3, -0.25) is 0 Å². The summed E-state index contributed by atoms with van der Waals surface area (Å²) >= 11 is 12.0. The second-order valence-electron chi connectivity index (χ2n) is 5.63. The number of carbonyl (C=O) groups is 1. The Morgan fingerprint density at radius 2 is 1.96 bits per heavy atom. The van der Waals surface area contributed by atoms with Gasteiger partial charge in [-0.25, -0.2) is 13.9 Å². The lowest BCUT2D eigenvalue weighted by Gasteiger charge is -2.09. The number of aryl methyl sites for hydroxylation is 1. The average Bonchev–Trinajstić information content (AvgIpc) is 3.00. The van der Waals surface area contributed by atoms with Gasteiger partial charge in [-0.15, -0.1) is 0 Å². The number of nitrogens with zero attached hydrogens (tertiary/aromatic N) is 2. The molecule has 26 heavy (non-hydrogen) atoms. The van der Waals surface area contributed by atoms with Gasteiger partial charge in [0, 0.05) is 6.07 Å².